The van der Waals surface area contributed by atoms with Gasteiger partial charge in [-0.1, -0.05) is 6.08 Å². The van der Waals surface area contributed by atoms with Gasteiger partial charge in [0.05, 0.1) is 0 Å². The molecule has 7 nitrogen and oxygen atoms in total. The fraction of sp³-hybridized carbons (Fsp3) is 0.133. The summed E-state index contributed by atoms with van der Waals surface area (Å²) in [6.45, 7) is 4.37. The second kappa shape index (κ2) is 6.13. The predicted molar refractivity (Wildman–Crippen MR) is 81.2 cm³/mol. The predicted octanol–water partition coefficient (Wildman–Crippen LogP) is 2.06. The van der Waals surface area contributed by atoms with Gasteiger partial charge in [0.2, 0.25) is 6.79 Å². The van der Waals surface area contributed by atoms with E-state index in [1.54, 1.807) is 36.4 Å². The molecule has 2 aromatic rings. The lowest BCUT2D eigenvalue weighted by Gasteiger charge is -2.06. The van der Waals surface area contributed by atoms with Crippen molar-refractivity contribution in [2.24, 2.45) is 0 Å². The molecule has 0 fully saturated rings. The molecule has 0 radical (unpaired) electrons. The molecule has 2 N–H and O–H groups in total. The van der Waals surface area contributed by atoms with Crippen LogP contribution in [0.25, 0.3) is 0 Å². The van der Waals surface area contributed by atoms with Gasteiger partial charge in [-0.2, -0.15) is 0 Å². The number of amides is 1. The van der Waals surface area contributed by atoms with Crippen molar-refractivity contribution in [3.63, 3.8) is 0 Å². The maximum absolute atomic E-state index is 12.2. The second-order valence-corrected chi connectivity index (χ2v) is 4.50. The largest absolute Gasteiger partial charge is 0.454 e. The standard InChI is InChI=1S/C15H14N4O3/c1-2-7-16-13-5-6-14(19-18-13)17-15(20)10-3-4-11-12(8-10)22-9-21-11/h2-6,8H,1,7,9H2,(H,16,18)(H,17,19,20). The van der Waals surface area contributed by atoms with Gasteiger partial charge in [0.25, 0.3) is 5.91 Å². The van der Waals surface area contributed by atoms with Crippen LogP contribution in [0.3, 0.4) is 0 Å². The first-order valence-corrected chi connectivity index (χ1v) is 6.66. The third-order valence-electron chi connectivity index (χ3n) is 2.97. The summed E-state index contributed by atoms with van der Waals surface area (Å²) in [5, 5.41) is 13.6. The Bertz CT molecular complexity index is 700. The van der Waals surface area contributed by atoms with Gasteiger partial charge >= 0.3 is 0 Å². The van der Waals surface area contributed by atoms with Gasteiger partial charge in [-0.25, -0.2) is 0 Å². The van der Waals surface area contributed by atoms with Crippen molar-refractivity contribution in [1.29, 1.82) is 0 Å². The minimum absolute atomic E-state index is 0.172. The van der Waals surface area contributed by atoms with E-state index in [0.717, 1.165) is 0 Å². The molecule has 1 amide bonds. The molecule has 0 spiro atoms. The number of benzene rings is 1. The number of carbonyl (C=O) groups excluding carboxylic acids is 1. The summed E-state index contributed by atoms with van der Waals surface area (Å²) < 4.78 is 10.5. The summed E-state index contributed by atoms with van der Waals surface area (Å²) in [6.07, 6.45) is 1.72. The Morgan fingerprint density at radius 1 is 1.18 bits per heavy atom. The van der Waals surface area contributed by atoms with Crippen LogP contribution >= 0.6 is 0 Å². The van der Waals surface area contributed by atoms with Crippen molar-refractivity contribution in [3.05, 3.63) is 48.6 Å². The summed E-state index contributed by atoms with van der Waals surface area (Å²) in [6, 6.07) is 8.39. The van der Waals surface area contributed by atoms with Crippen molar-refractivity contribution in [2.45, 2.75) is 0 Å². The molecule has 0 saturated heterocycles. The second-order valence-electron chi connectivity index (χ2n) is 4.50. The minimum atomic E-state index is -0.292. The fourth-order valence-corrected chi connectivity index (χ4v) is 1.90. The van der Waals surface area contributed by atoms with Crippen LogP contribution in [-0.4, -0.2) is 29.4 Å². The van der Waals surface area contributed by atoms with E-state index in [1.807, 2.05) is 0 Å². The Labute approximate surface area is 127 Å². The van der Waals surface area contributed by atoms with E-state index in [-0.39, 0.29) is 12.7 Å². The lowest BCUT2D eigenvalue weighted by atomic mass is 10.2. The van der Waals surface area contributed by atoms with E-state index in [4.69, 9.17) is 9.47 Å². The monoisotopic (exact) mass is 298 g/mol. The first-order valence-electron chi connectivity index (χ1n) is 6.66. The first-order chi connectivity index (χ1) is 10.8. The molecule has 0 unspecified atom stereocenters. The molecule has 0 saturated carbocycles. The molecule has 7 heteroatoms. The highest BCUT2D eigenvalue weighted by atomic mass is 16.7. The highest BCUT2D eigenvalue weighted by Crippen LogP contribution is 2.32. The molecule has 0 aliphatic carbocycles. The smallest absolute Gasteiger partial charge is 0.257 e. The van der Waals surface area contributed by atoms with E-state index in [2.05, 4.69) is 27.4 Å². The van der Waals surface area contributed by atoms with Gasteiger partial charge in [-0.3, -0.25) is 4.79 Å². The zero-order valence-electron chi connectivity index (χ0n) is 11.7. The van der Waals surface area contributed by atoms with Crippen molar-refractivity contribution in [2.75, 3.05) is 24.0 Å². The number of carbonyl (C=O) groups is 1. The average Bonchev–Trinajstić information content (AvgIpc) is 3.01. The molecule has 2 heterocycles. The van der Waals surface area contributed by atoms with Crippen LogP contribution in [0, 0.1) is 0 Å². The van der Waals surface area contributed by atoms with Crippen LogP contribution < -0.4 is 20.1 Å². The van der Waals surface area contributed by atoms with Crippen molar-refractivity contribution in [1.82, 2.24) is 10.2 Å². The molecule has 112 valence electrons. The summed E-state index contributed by atoms with van der Waals surface area (Å²) in [4.78, 5) is 12.2. The highest BCUT2D eigenvalue weighted by Gasteiger charge is 2.16. The van der Waals surface area contributed by atoms with Crippen LogP contribution in [0.4, 0.5) is 11.6 Å². The number of hydrogen-bond donors (Lipinski definition) is 2. The molecule has 0 atom stereocenters. The highest BCUT2D eigenvalue weighted by molar-refractivity contribution is 6.04. The Morgan fingerprint density at radius 2 is 1.95 bits per heavy atom. The number of anilines is 2. The zero-order valence-corrected chi connectivity index (χ0v) is 11.7. The molecular weight excluding hydrogens is 284 g/mol. The number of nitrogens with one attached hydrogen (secondary N) is 2. The maximum atomic E-state index is 12.2. The minimum Gasteiger partial charge on any atom is -0.454 e. The average molecular weight is 298 g/mol. The van der Waals surface area contributed by atoms with Crippen molar-refractivity contribution in [3.8, 4) is 11.5 Å². The zero-order chi connectivity index (χ0) is 15.4. The molecule has 1 aromatic carbocycles. The van der Waals surface area contributed by atoms with Crippen molar-refractivity contribution >= 4 is 17.5 Å². The van der Waals surface area contributed by atoms with Crippen LogP contribution in [-0.2, 0) is 0 Å². The Kier molecular flexibility index (Phi) is 3.86. The number of fused-ring (bicyclic) bond motifs is 1. The Balaban J connectivity index is 1.67. The summed E-state index contributed by atoms with van der Waals surface area (Å²) >= 11 is 0. The Morgan fingerprint density at radius 3 is 2.73 bits per heavy atom. The van der Waals surface area contributed by atoms with Gasteiger partial charge in [0.15, 0.2) is 17.3 Å². The lowest BCUT2D eigenvalue weighted by molar-refractivity contribution is 0.102. The van der Waals surface area contributed by atoms with E-state index >= 15 is 0 Å². The molecule has 1 aliphatic rings. The third kappa shape index (κ3) is 2.98. The summed E-state index contributed by atoms with van der Waals surface area (Å²) in [7, 11) is 0. The SMILES string of the molecule is C=CCNc1ccc(NC(=O)c2ccc3c(c2)OCO3)nn1. The van der Waals surface area contributed by atoms with E-state index in [9.17, 15) is 4.79 Å². The van der Waals surface area contributed by atoms with Crippen molar-refractivity contribution < 1.29 is 14.3 Å². The molecule has 3 rings (SSSR count). The molecular formula is C15H14N4O3. The third-order valence-corrected chi connectivity index (χ3v) is 2.97. The number of aromatic nitrogens is 2. The van der Waals surface area contributed by atoms with Gasteiger partial charge < -0.3 is 20.1 Å². The van der Waals surface area contributed by atoms with Crippen LogP contribution in [0.15, 0.2) is 43.0 Å². The number of nitrogens with zero attached hydrogens (tertiary/aromatic N) is 2. The molecule has 0 bridgehead atoms. The topological polar surface area (TPSA) is 85.4 Å². The number of ether oxygens (including phenoxy) is 2. The molecule has 1 aromatic heterocycles. The van der Waals surface area contributed by atoms with E-state index < -0.39 is 0 Å². The van der Waals surface area contributed by atoms with Crippen LogP contribution in [0.1, 0.15) is 10.4 Å². The normalized spacial score (nSPS) is 11.8. The lowest BCUT2D eigenvalue weighted by Crippen LogP contribution is -2.13. The van der Waals surface area contributed by atoms with Crippen LogP contribution in [0.5, 0.6) is 11.5 Å². The van der Waals surface area contributed by atoms with E-state index in [0.29, 0.717) is 35.2 Å². The number of rotatable bonds is 5. The Hall–Kier alpha value is -3.09. The fourth-order valence-electron chi connectivity index (χ4n) is 1.90. The van der Waals surface area contributed by atoms with E-state index in [1.165, 1.54) is 0 Å². The summed E-state index contributed by atoms with van der Waals surface area (Å²) in [5.74, 6) is 1.88. The van der Waals surface area contributed by atoms with Gasteiger partial charge in [-0.15, -0.1) is 16.8 Å². The van der Waals surface area contributed by atoms with Gasteiger partial charge in [0.1, 0.15) is 5.82 Å². The maximum Gasteiger partial charge on any atom is 0.257 e. The summed E-state index contributed by atoms with van der Waals surface area (Å²) in [5.41, 5.74) is 0.458. The number of hydrogen-bond acceptors (Lipinski definition) is 6. The van der Waals surface area contributed by atoms with Gasteiger partial charge in [0, 0.05) is 12.1 Å². The van der Waals surface area contributed by atoms with Crippen LogP contribution in [0.2, 0.25) is 0 Å². The molecule has 22 heavy (non-hydrogen) atoms. The molecule has 1 aliphatic heterocycles. The quantitative estimate of drug-likeness (QED) is 0.822. The first kappa shape index (κ1) is 13.9. The van der Waals surface area contributed by atoms with Gasteiger partial charge in [-0.05, 0) is 30.3 Å².